The van der Waals surface area contributed by atoms with E-state index in [1.807, 2.05) is 19.1 Å². The van der Waals surface area contributed by atoms with Crippen LogP contribution in [0.3, 0.4) is 0 Å². The van der Waals surface area contributed by atoms with Gasteiger partial charge in [-0.1, -0.05) is 24.6 Å². The molecule has 4 heteroatoms. The van der Waals surface area contributed by atoms with E-state index in [1.54, 1.807) is 12.1 Å². The van der Waals surface area contributed by atoms with Gasteiger partial charge in [0.05, 0.1) is 10.5 Å². The van der Waals surface area contributed by atoms with Crippen LogP contribution < -0.4 is 5.32 Å². The summed E-state index contributed by atoms with van der Waals surface area (Å²) in [4.78, 5) is 10.5. The standard InChI is InChI=1S/C13H18N2O2/c1-3-8-14-10-11(2)9-12-6-4-5-7-13(12)15(16)17/h4-7,9,14H,3,8,10H2,1-2H3. The van der Waals surface area contributed by atoms with Crippen LogP contribution in [-0.4, -0.2) is 18.0 Å². The van der Waals surface area contributed by atoms with E-state index in [2.05, 4.69) is 12.2 Å². The predicted octanol–water partition coefficient (Wildman–Crippen LogP) is 3.00. The van der Waals surface area contributed by atoms with Crippen LogP contribution >= 0.6 is 0 Å². The van der Waals surface area contributed by atoms with E-state index in [9.17, 15) is 10.1 Å². The third-order valence-corrected chi connectivity index (χ3v) is 2.37. The van der Waals surface area contributed by atoms with Crippen molar-refractivity contribution in [2.75, 3.05) is 13.1 Å². The van der Waals surface area contributed by atoms with Crippen molar-refractivity contribution in [3.8, 4) is 0 Å². The molecule has 0 aliphatic rings. The summed E-state index contributed by atoms with van der Waals surface area (Å²) in [6.45, 7) is 5.80. The molecule has 1 N–H and O–H groups in total. The summed E-state index contributed by atoms with van der Waals surface area (Å²) >= 11 is 0. The Balaban J connectivity index is 2.79. The fourth-order valence-corrected chi connectivity index (χ4v) is 1.55. The molecular formula is C13H18N2O2. The SMILES string of the molecule is CCCNCC(C)=Cc1ccccc1[N+](=O)[O-]. The smallest absolute Gasteiger partial charge is 0.276 e. The van der Waals surface area contributed by atoms with Crippen molar-refractivity contribution in [3.05, 3.63) is 45.5 Å². The molecule has 17 heavy (non-hydrogen) atoms. The van der Waals surface area contributed by atoms with Crippen molar-refractivity contribution in [2.45, 2.75) is 20.3 Å². The zero-order valence-electron chi connectivity index (χ0n) is 10.3. The minimum Gasteiger partial charge on any atom is -0.313 e. The molecule has 0 fully saturated rings. The Morgan fingerprint density at radius 3 is 2.82 bits per heavy atom. The van der Waals surface area contributed by atoms with Crippen LogP contribution in [0.2, 0.25) is 0 Å². The molecule has 1 aromatic rings. The Morgan fingerprint density at radius 2 is 2.18 bits per heavy atom. The van der Waals surface area contributed by atoms with Gasteiger partial charge in [0, 0.05) is 12.6 Å². The van der Waals surface area contributed by atoms with Gasteiger partial charge < -0.3 is 5.32 Å². The molecule has 92 valence electrons. The molecule has 0 aromatic heterocycles. The lowest BCUT2D eigenvalue weighted by Crippen LogP contribution is -2.16. The van der Waals surface area contributed by atoms with Crippen LogP contribution in [0.4, 0.5) is 5.69 Å². The molecule has 0 aliphatic carbocycles. The fourth-order valence-electron chi connectivity index (χ4n) is 1.55. The summed E-state index contributed by atoms with van der Waals surface area (Å²) in [5, 5.41) is 14.1. The van der Waals surface area contributed by atoms with Crippen LogP contribution in [0.15, 0.2) is 29.8 Å². The lowest BCUT2D eigenvalue weighted by atomic mass is 10.1. The van der Waals surface area contributed by atoms with Crippen LogP contribution in [0, 0.1) is 10.1 Å². The van der Waals surface area contributed by atoms with Crippen LogP contribution in [-0.2, 0) is 0 Å². The molecule has 0 saturated carbocycles. The number of nitrogens with one attached hydrogen (secondary N) is 1. The summed E-state index contributed by atoms with van der Waals surface area (Å²) in [7, 11) is 0. The highest BCUT2D eigenvalue weighted by atomic mass is 16.6. The molecule has 0 radical (unpaired) electrons. The van der Waals surface area contributed by atoms with Gasteiger partial charge in [-0.15, -0.1) is 0 Å². The van der Waals surface area contributed by atoms with Crippen molar-refractivity contribution in [1.82, 2.24) is 5.32 Å². The normalized spacial score (nSPS) is 11.5. The number of hydrogen-bond donors (Lipinski definition) is 1. The van der Waals surface area contributed by atoms with Crippen molar-refractivity contribution < 1.29 is 4.92 Å². The van der Waals surface area contributed by atoms with Crippen LogP contribution in [0.5, 0.6) is 0 Å². The first-order chi connectivity index (χ1) is 8.15. The molecule has 1 rings (SSSR count). The van der Waals surface area contributed by atoms with E-state index in [0.717, 1.165) is 25.1 Å². The average Bonchev–Trinajstić information content (AvgIpc) is 2.29. The number of nitro groups is 1. The van der Waals surface area contributed by atoms with Crippen LogP contribution in [0.1, 0.15) is 25.8 Å². The molecule has 1 aromatic carbocycles. The summed E-state index contributed by atoms with van der Waals surface area (Å²) in [6.07, 6.45) is 2.94. The summed E-state index contributed by atoms with van der Waals surface area (Å²) < 4.78 is 0. The highest BCUT2D eigenvalue weighted by Crippen LogP contribution is 2.20. The second-order valence-corrected chi connectivity index (χ2v) is 3.98. The number of nitro benzene ring substituents is 1. The zero-order valence-corrected chi connectivity index (χ0v) is 10.3. The van der Waals surface area contributed by atoms with Gasteiger partial charge in [-0.25, -0.2) is 0 Å². The summed E-state index contributed by atoms with van der Waals surface area (Å²) in [5.41, 5.74) is 1.91. The lowest BCUT2D eigenvalue weighted by Gasteiger charge is -2.03. The van der Waals surface area contributed by atoms with Gasteiger partial charge in [0.2, 0.25) is 0 Å². The Labute approximate surface area is 101 Å². The van der Waals surface area contributed by atoms with Gasteiger partial charge in [-0.05, 0) is 32.0 Å². The lowest BCUT2D eigenvalue weighted by molar-refractivity contribution is -0.385. The molecule has 4 nitrogen and oxygen atoms in total. The van der Waals surface area contributed by atoms with E-state index in [-0.39, 0.29) is 10.6 Å². The van der Waals surface area contributed by atoms with E-state index >= 15 is 0 Å². The van der Waals surface area contributed by atoms with Crippen molar-refractivity contribution in [3.63, 3.8) is 0 Å². The molecule has 0 heterocycles. The Hall–Kier alpha value is -1.68. The van der Waals surface area contributed by atoms with Gasteiger partial charge >= 0.3 is 0 Å². The monoisotopic (exact) mass is 234 g/mol. The maximum Gasteiger partial charge on any atom is 0.276 e. The Morgan fingerprint density at radius 1 is 1.47 bits per heavy atom. The zero-order chi connectivity index (χ0) is 12.7. The van der Waals surface area contributed by atoms with Crippen molar-refractivity contribution in [1.29, 1.82) is 0 Å². The number of para-hydroxylation sites is 1. The fraction of sp³-hybridized carbons (Fsp3) is 0.385. The second kappa shape index (κ2) is 6.81. The van der Waals surface area contributed by atoms with Crippen molar-refractivity contribution >= 4 is 11.8 Å². The molecule has 0 spiro atoms. The first kappa shape index (κ1) is 13.4. The van der Waals surface area contributed by atoms with Crippen molar-refractivity contribution in [2.24, 2.45) is 0 Å². The van der Waals surface area contributed by atoms with Crippen LogP contribution in [0.25, 0.3) is 6.08 Å². The van der Waals surface area contributed by atoms with E-state index in [4.69, 9.17) is 0 Å². The molecule has 0 amide bonds. The van der Waals surface area contributed by atoms with Gasteiger partial charge in [-0.3, -0.25) is 10.1 Å². The van der Waals surface area contributed by atoms with Gasteiger partial charge in [0.15, 0.2) is 0 Å². The first-order valence-corrected chi connectivity index (χ1v) is 5.76. The van der Waals surface area contributed by atoms with Gasteiger partial charge in [-0.2, -0.15) is 0 Å². The molecule has 0 atom stereocenters. The second-order valence-electron chi connectivity index (χ2n) is 3.98. The maximum atomic E-state index is 10.8. The molecule has 0 saturated heterocycles. The highest BCUT2D eigenvalue weighted by molar-refractivity contribution is 5.62. The predicted molar refractivity (Wildman–Crippen MR) is 69.9 cm³/mol. The third kappa shape index (κ3) is 4.36. The summed E-state index contributed by atoms with van der Waals surface area (Å²) in [6, 6.07) is 6.78. The largest absolute Gasteiger partial charge is 0.313 e. The number of hydrogen-bond acceptors (Lipinski definition) is 3. The van der Waals surface area contributed by atoms with Gasteiger partial charge in [0.1, 0.15) is 0 Å². The topological polar surface area (TPSA) is 55.2 Å². The Kier molecular flexibility index (Phi) is 5.36. The van der Waals surface area contributed by atoms with E-state index in [0.29, 0.717) is 5.56 Å². The average molecular weight is 234 g/mol. The Bertz CT molecular complexity index is 414. The molecule has 0 bridgehead atoms. The molecule has 0 aliphatic heterocycles. The molecule has 0 unspecified atom stereocenters. The van der Waals surface area contributed by atoms with E-state index in [1.165, 1.54) is 6.07 Å². The number of benzene rings is 1. The van der Waals surface area contributed by atoms with Gasteiger partial charge in [0.25, 0.3) is 5.69 Å². The number of nitrogens with zero attached hydrogens (tertiary/aromatic N) is 1. The highest BCUT2D eigenvalue weighted by Gasteiger charge is 2.09. The third-order valence-electron chi connectivity index (χ3n) is 2.37. The number of rotatable bonds is 6. The maximum absolute atomic E-state index is 10.8. The molecular weight excluding hydrogens is 216 g/mol. The minimum atomic E-state index is -0.349. The van der Waals surface area contributed by atoms with E-state index < -0.39 is 0 Å². The quantitative estimate of drug-likeness (QED) is 0.467. The minimum absolute atomic E-state index is 0.155. The first-order valence-electron chi connectivity index (χ1n) is 5.76. The summed E-state index contributed by atoms with van der Waals surface area (Å²) in [5.74, 6) is 0.